The average molecular weight is 205 g/mol. The van der Waals surface area contributed by atoms with E-state index < -0.39 is 0 Å². The predicted octanol–water partition coefficient (Wildman–Crippen LogP) is 1.61. The third kappa shape index (κ3) is 0.857. The summed E-state index contributed by atoms with van der Waals surface area (Å²) in [4.78, 5) is 14.5. The Morgan fingerprint density at radius 1 is 1.33 bits per heavy atom. The van der Waals surface area contributed by atoms with Crippen molar-refractivity contribution in [3.8, 4) is 0 Å². The molecule has 3 aliphatic carbocycles. The quantitative estimate of drug-likeness (QED) is 0.670. The van der Waals surface area contributed by atoms with Crippen molar-refractivity contribution < 1.29 is 4.79 Å². The van der Waals surface area contributed by atoms with Gasteiger partial charge in [0, 0.05) is 18.5 Å². The molecule has 2 heteroatoms. The molecule has 2 aliphatic heterocycles. The maximum absolute atomic E-state index is 12.3. The van der Waals surface area contributed by atoms with E-state index >= 15 is 0 Å². The van der Waals surface area contributed by atoms with Gasteiger partial charge in [0.2, 0.25) is 5.91 Å². The third-order valence-corrected chi connectivity index (χ3v) is 5.49. The summed E-state index contributed by atoms with van der Waals surface area (Å²) in [6, 6.07) is 0.711. The highest BCUT2D eigenvalue weighted by atomic mass is 16.2. The molecule has 2 nitrogen and oxygen atoms in total. The van der Waals surface area contributed by atoms with Crippen molar-refractivity contribution in [2.45, 2.75) is 26.8 Å². The van der Waals surface area contributed by atoms with E-state index in [1.165, 1.54) is 0 Å². The molecule has 5 rings (SSSR count). The number of carbonyl (C=O) groups excluding carboxylic acids is 1. The van der Waals surface area contributed by atoms with E-state index in [9.17, 15) is 4.79 Å². The first-order chi connectivity index (χ1) is 7.13. The molecule has 82 valence electrons. The van der Waals surface area contributed by atoms with Crippen molar-refractivity contribution in [1.82, 2.24) is 4.90 Å². The van der Waals surface area contributed by atoms with Crippen LogP contribution in [-0.4, -0.2) is 23.4 Å². The zero-order chi connectivity index (χ0) is 10.5. The first-order valence-corrected chi connectivity index (χ1v) is 6.43. The second-order valence-corrected chi connectivity index (χ2v) is 6.51. The Hall–Kier alpha value is -0.530. The van der Waals surface area contributed by atoms with Crippen molar-refractivity contribution in [3.63, 3.8) is 0 Å². The smallest absolute Gasteiger partial charge is 0.226 e. The minimum Gasteiger partial charge on any atom is -0.339 e. The second-order valence-electron chi connectivity index (χ2n) is 6.51. The summed E-state index contributed by atoms with van der Waals surface area (Å²) in [5.41, 5.74) is 0. The van der Waals surface area contributed by atoms with Gasteiger partial charge in [0.1, 0.15) is 0 Å². The molecule has 5 unspecified atom stereocenters. The number of piperidine rings is 1. The molecule has 0 aromatic heterocycles. The van der Waals surface area contributed by atoms with Gasteiger partial charge in [0.25, 0.3) is 0 Å². The van der Waals surface area contributed by atoms with Crippen LogP contribution in [0.1, 0.15) is 20.8 Å². The lowest BCUT2D eigenvalue weighted by molar-refractivity contribution is -0.132. The molecule has 5 fully saturated rings. The Kier molecular flexibility index (Phi) is 1.29. The normalized spacial score (nSPS) is 58.1. The molecule has 2 saturated heterocycles. The van der Waals surface area contributed by atoms with Crippen molar-refractivity contribution >= 4 is 5.91 Å². The van der Waals surface area contributed by atoms with Gasteiger partial charge in [-0.25, -0.2) is 0 Å². The highest BCUT2D eigenvalue weighted by Crippen LogP contribution is 2.76. The lowest BCUT2D eigenvalue weighted by atomic mass is 10.1. The van der Waals surface area contributed by atoms with Crippen molar-refractivity contribution in [3.05, 3.63) is 0 Å². The van der Waals surface area contributed by atoms with Crippen LogP contribution in [0.15, 0.2) is 0 Å². The highest BCUT2D eigenvalue weighted by Gasteiger charge is 2.81. The van der Waals surface area contributed by atoms with Gasteiger partial charge in [-0.3, -0.25) is 4.79 Å². The lowest BCUT2D eigenvalue weighted by Crippen LogP contribution is -2.31. The van der Waals surface area contributed by atoms with E-state index in [1.54, 1.807) is 0 Å². The summed E-state index contributed by atoms with van der Waals surface area (Å²) in [5, 5.41) is 0. The molecule has 0 aromatic rings. The number of nitrogens with zero attached hydrogens (tertiary/aromatic N) is 1. The zero-order valence-electron chi connectivity index (χ0n) is 9.68. The summed E-state index contributed by atoms with van der Waals surface area (Å²) in [6.07, 6.45) is 0. The van der Waals surface area contributed by atoms with Crippen molar-refractivity contribution in [2.75, 3.05) is 6.54 Å². The van der Waals surface area contributed by atoms with Gasteiger partial charge in [-0.15, -0.1) is 0 Å². The Balaban J connectivity index is 1.48. The molecule has 5 aliphatic rings. The Morgan fingerprint density at radius 3 is 2.40 bits per heavy atom. The highest BCUT2D eigenvalue weighted by molar-refractivity contribution is 5.84. The standard InChI is InChI=1S/C13H19NO/c1-5(2)8-6(3)9(8)13(15)14-4-7-10-11(7)12(10)14/h5-12H,4H2,1-3H3. The first-order valence-electron chi connectivity index (χ1n) is 6.43. The van der Waals surface area contributed by atoms with Crippen LogP contribution in [0.3, 0.4) is 0 Å². The minimum absolute atomic E-state index is 0.378. The molecule has 5 atom stereocenters. The molecule has 3 saturated carbocycles. The second kappa shape index (κ2) is 2.26. The van der Waals surface area contributed by atoms with Crippen LogP contribution in [-0.2, 0) is 4.79 Å². The summed E-state index contributed by atoms with van der Waals surface area (Å²) < 4.78 is 0. The van der Waals surface area contributed by atoms with E-state index in [4.69, 9.17) is 0 Å². The van der Waals surface area contributed by atoms with Crippen molar-refractivity contribution in [2.24, 2.45) is 41.4 Å². The molecule has 0 N–H and O–H groups in total. The van der Waals surface area contributed by atoms with Gasteiger partial charge in [-0.1, -0.05) is 20.8 Å². The summed E-state index contributed by atoms with van der Waals surface area (Å²) in [7, 11) is 0. The van der Waals surface area contributed by atoms with Gasteiger partial charge in [-0.2, -0.15) is 0 Å². The maximum Gasteiger partial charge on any atom is 0.226 e. The van der Waals surface area contributed by atoms with Gasteiger partial charge >= 0.3 is 0 Å². The molecule has 0 aromatic carbocycles. The SMILES string of the molecule is CC(C)C1C(C)C1C(=O)N1CC2C3C2C31. The molecule has 0 radical (unpaired) electrons. The number of fused-ring (bicyclic) bond motifs is 1. The van der Waals surface area contributed by atoms with Crippen LogP contribution in [0, 0.1) is 41.4 Å². The van der Waals surface area contributed by atoms with Gasteiger partial charge in [0.15, 0.2) is 0 Å². The van der Waals surface area contributed by atoms with Gasteiger partial charge in [-0.05, 0) is 35.5 Å². The van der Waals surface area contributed by atoms with Gasteiger partial charge in [0.05, 0.1) is 0 Å². The number of carbonyl (C=O) groups is 1. The van der Waals surface area contributed by atoms with Crippen LogP contribution in [0.5, 0.6) is 0 Å². The summed E-state index contributed by atoms with van der Waals surface area (Å²) in [6.45, 7) is 7.86. The monoisotopic (exact) mass is 205 g/mol. The van der Waals surface area contributed by atoms with E-state index in [0.717, 1.165) is 24.3 Å². The molecule has 2 bridgehead atoms. The fraction of sp³-hybridized carbons (Fsp3) is 0.923. The first kappa shape index (κ1) is 8.60. The third-order valence-electron chi connectivity index (χ3n) is 5.49. The number of hydrogen-bond acceptors (Lipinski definition) is 1. The predicted molar refractivity (Wildman–Crippen MR) is 57.0 cm³/mol. The van der Waals surface area contributed by atoms with Crippen LogP contribution in [0.2, 0.25) is 0 Å². The number of hydrogen-bond donors (Lipinski definition) is 0. The lowest BCUT2D eigenvalue weighted by Gasteiger charge is -2.16. The Bertz CT molecular complexity index is 334. The number of amides is 1. The number of rotatable bonds is 2. The Labute approximate surface area is 91.0 Å². The average Bonchev–Trinajstić information content (AvgIpc) is 3.09. The van der Waals surface area contributed by atoms with Crippen LogP contribution in [0.25, 0.3) is 0 Å². The maximum atomic E-state index is 12.3. The topological polar surface area (TPSA) is 20.3 Å². The Morgan fingerprint density at radius 2 is 2.00 bits per heavy atom. The van der Waals surface area contributed by atoms with E-state index in [-0.39, 0.29) is 0 Å². The van der Waals surface area contributed by atoms with Gasteiger partial charge < -0.3 is 4.90 Å². The molecule has 0 spiro atoms. The molecule has 2 heterocycles. The zero-order valence-corrected chi connectivity index (χ0v) is 9.68. The minimum atomic E-state index is 0.378. The largest absolute Gasteiger partial charge is 0.339 e. The summed E-state index contributed by atoms with van der Waals surface area (Å²) in [5.74, 6) is 5.73. The molecule has 15 heavy (non-hydrogen) atoms. The molecular weight excluding hydrogens is 186 g/mol. The van der Waals surface area contributed by atoms with E-state index in [1.807, 2.05) is 0 Å². The van der Waals surface area contributed by atoms with Crippen LogP contribution in [0.4, 0.5) is 0 Å². The fourth-order valence-electron chi connectivity index (χ4n) is 4.47. The fourth-order valence-corrected chi connectivity index (χ4v) is 4.47. The van der Waals surface area contributed by atoms with Crippen LogP contribution < -0.4 is 0 Å². The molecule has 1 amide bonds. The van der Waals surface area contributed by atoms with E-state index in [0.29, 0.717) is 35.6 Å². The van der Waals surface area contributed by atoms with Crippen molar-refractivity contribution in [1.29, 1.82) is 0 Å². The van der Waals surface area contributed by atoms with E-state index in [2.05, 4.69) is 25.7 Å². The summed E-state index contributed by atoms with van der Waals surface area (Å²) >= 11 is 0. The van der Waals surface area contributed by atoms with Crippen LogP contribution >= 0.6 is 0 Å². The molecular formula is C13H19NO.